The fourth-order valence-electron chi connectivity index (χ4n) is 17.5. The van der Waals surface area contributed by atoms with Gasteiger partial charge in [-0.2, -0.15) is 0 Å². The quantitative estimate of drug-likeness (QED) is 0.0339. The molecule has 0 aromatic rings. The number of hydrogen-bond donors (Lipinski definition) is 15. The molecule has 0 radical (unpaired) electrons. The number of aliphatic carboxylic acids is 1. The summed E-state index contributed by atoms with van der Waals surface area (Å²) in [5, 5.41) is 168. The third-order valence-corrected chi connectivity index (χ3v) is 22.7. The van der Waals surface area contributed by atoms with Crippen molar-refractivity contribution in [2.45, 2.75) is 255 Å². The first-order valence-corrected chi connectivity index (χ1v) is 30.5. The summed E-state index contributed by atoms with van der Waals surface area (Å²) in [6.07, 6.45) is -37.8. The van der Waals surface area contributed by atoms with Crippen molar-refractivity contribution in [1.82, 2.24) is 0 Å². The van der Waals surface area contributed by atoms with Crippen LogP contribution in [0.5, 0.6) is 0 Å². The first-order chi connectivity index (χ1) is 41.1. The maximum atomic E-state index is 13.7. The SMILES string of the molecule is CC=C(C)C(=O)OC1C(OC(C)=O)C(C)(C)CC2C3=CCC4C5(C)CCC(OC6OC(C(=O)O)C(O)C(OC7OC(CO)C(O)C(O)C7OC7OCC(O)C(O)C7O)C6OC6OC(CO)C(O)C(O)C6O)C(C)(C)C5CCC4(C)C3(C)C(O)C(O)C21CO. The molecule has 4 saturated heterocycles. The van der Waals surface area contributed by atoms with Crippen LogP contribution in [0.4, 0.5) is 0 Å². The van der Waals surface area contributed by atoms with Gasteiger partial charge in [0.1, 0.15) is 91.6 Å². The highest BCUT2D eigenvalue weighted by Crippen LogP contribution is 2.76. The average Bonchev–Trinajstić information content (AvgIpc) is 0.708. The van der Waals surface area contributed by atoms with E-state index in [-0.39, 0.29) is 30.3 Å². The van der Waals surface area contributed by atoms with Crippen molar-refractivity contribution in [3.63, 3.8) is 0 Å². The third-order valence-electron chi connectivity index (χ3n) is 22.7. The molecule has 5 aliphatic carbocycles. The summed E-state index contributed by atoms with van der Waals surface area (Å²) in [5.41, 5.74) is -5.01. The molecule has 4 heterocycles. The smallest absolute Gasteiger partial charge is 0.335 e. The zero-order valence-corrected chi connectivity index (χ0v) is 51.3. The van der Waals surface area contributed by atoms with Crippen molar-refractivity contribution < 1.29 is 138 Å². The van der Waals surface area contributed by atoms with Crippen LogP contribution in [-0.2, 0) is 61.8 Å². The van der Waals surface area contributed by atoms with Crippen molar-refractivity contribution in [3.05, 3.63) is 23.3 Å². The molecule has 0 amide bonds. The largest absolute Gasteiger partial charge is 0.479 e. The Morgan fingerprint density at radius 2 is 1.22 bits per heavy atom. The van der Waals surface area contributed by atoms with E-state index in [0.29, 0.717) is 25.7 Å². The van der Waals surface area contributed by atoms with Gasteiger partial charge in [-0.3, -0.25) is 4.79 Å². The number of ether oxygens (including phenoxy) is 10. The van der Waals surface area contributed by atoms with Crippen molar-refractivity contribution in [3.8, 4) is 0 Å². The molecule has 88 heavy (non-hydrogen) atoms. The van der Waals surface area contributed by atoms with Crippen LogP contribution in [-0.4, -0.2) is 268 Å². The van der Waals surface area contributed by atoms with Crippen molar-refractivity contribution >= 4 is 17.9 Å². The molecule has 0 aromatic carbocycles. The van der Waals surface area contributed by atoms with Crippen molar-refractivity contribution in [2.75, 3.05) is 26.4 Å². The van der Waals surface area contributed by atoms with E-state index in [2.05, 4.69) is 19.9 Å². The molecule has 9 rings (SSSR count). The Kier molecular flexibility index (Phi) is 20.0. The lowest BCUT2D eigenvalue weighted by atomic mass is 9.32. The lowest BCUT2D eigenvalue weighted by Gasteiger charge is -2.73. The van der Waals surface area contributed by atoms with Crippen LogP contribution in [0.25, 0.3) is 0 Å². The number of carboxylic acids is 1. The fourth-order valence-corrected chi connectivity index (χ4v) is 17.5. The van der Waals surface area contributed by atoms with E-state index in [4.69, 9.17) is 47.4 Å². The minimum atomic E-state index is -2.31. The maximum absolute atomic E-state index is 13.7. The van der Waals surface area contributed by atoms with Crippen LogP contribution >= 0.6 is 0 Å². The Hall–Kier alpha value is -2.99. The summed E-state index contributed by atoms with van der Waals surface area (Å²) in [4.78, 5) is 39.8. The average molecular weight is 1260 g/mol. The molecule has 28 heteroatoms. The van der Waals surface area contributed by atoms with Gasteiger partial charge in [-0.15, -0.1) is 0 Å². The predicted molar refractivity (Wildman–Crippen MR) is 296 cm³/mol. The number of allylic oxidation sites excluding steroid dienone is 2. The number of aliphatic hydroxyl groups excluding tert-OH is 14. The Bertz CT molecular complexity index is 2580. The maximum Gasteiger partial charge on any atom is 0.335 e. The van der Waals surface area contributed by atoms with Gasteiger partial charge in [0.15, 0.2) is 37.4 Å². The van der Waals surface area contributed by atoms with E-state index in [1.54, 1.807) is 19.9 Å². The number of fused-ring (bicyclic) bond motifs is 7. The first-order valence-electron chi connectivity index (χ1n) is 30.5. The van der Waals surface area contributed by atoms with Gasteiger partial charge < -0.3 is 124 Å². The summed E-state index contributed by atoms with van der Waals surface area (Å²) in [6, 6.07) is 0. The lowest BCUT2D eigenvalue weighted by molar-refractivity contribution is -0.405. The van der Waals surface area contributed by atoms with E-state index >= 15 is 0 Å². The second-order valence-corrected chi connectivity index (χ2v) is 28.1. The molecule has 9 aliphatic rings. The fraction of sp³-hybridized carbons (Fsp3) is 0.883. The summed E-state index contributed by atoms with van der Waals surface area (Å²) < 4.78 is 60.9. The Morgan fingerprint density at radius 3 is 1.82 bits per heavy atom. The molecule has 0 spiro atoms. The monoisotopic (exact) mass is 1260 g/mol. The lowest BCUT2D eigenvalue weighted by Crippen LogP contribution is -2.76. The molecule has 4 saturated carbocycles. The predicted octanol–water partition coefficient (Wildman–Crippen LogP) is -2.86. The van der Waals surface area contributed by atoms with Gasteiger partial charge >= 0.3 is 17.9 Å². The van der Waals surface area contributed by atoms with Gasteiger partial charge in [0.2, 0.25) is 0 Å². The standard InChI is InChI=1S/C60H94O28/c1-11-23(2)50(78)88-48-47(80-24(3)64)55(4,5)18-26-25-12-13-31-57(8)16-15-32(56(6,7)30(57)14-17-58(31,9)59(25,10)45(74)46(75)60(26,48)22-63)83-54-44(87-52-39(72)36(69)34(67)28(19-61)81-52)41(40(73)42(85-54)49(76)77)84-53-43(37(70)35(68)29(20-62)82-53)86-51-38(71)33(66)27(65)21-79-51/h11-12,26-48,51-54,61-63,65-75H,13-22H2,1-10H3,(H,76,77). The number of esters is 2. The van der Waals surface area contributed by atoms with Gasteiger partial charge in [0.25, 0.3) is 0 Å². The van der Waals surface area contributed by atoms with Crippen LogP contribution in [0.15, 0.2) is 23.3 Å². The molecule has 502 valence electrons. The zero-order valence-electron chi connectivity index (χ0n) is 51.3. The minimum Gasteiger partial charge on any atom is -0.479 e. The summed E-state index contributed by atoms with van der Waals surface area (Å²) >= 11 is 0. The molecular formula is C60H94O28. The number of aliphatic hydroxyl groups is 14. The third kappa shape index (κ3) is 11.1. The first kappa shape index (κ1) is 69.4. The summed E-state index contributed by atoms with van der Waals surface area (Å²) in [7, 11) is 0. The van der Waals surface area contributed by atoms with Gasteiger partial charge in [-0.25, -0.2) is 9.59 Å². The topological polar surface area (TPSA) is 447 Å². The Labute approximate surface area is 509 Å². The molecule has 0 aromatic heterocycles. The van der Waals surface area contributed by atoms with Crippen molar-refractivity contribution in [1.29, 1.82) is 0 Å². The normalized spacial score (nSPS) is 50.9. The van der Waals surface area contributed by atoms with Gasteiger partial charge in [0.05, 0.1) is 50.2 Å². The van der Waals surface area contributed by atoms with E-state index in [0.717, 1.165) is 5.57 Å². The van der Waals surface area contributed by atoms with E-state index in [1.165, 1.54) is 6.92 Å². The summed E-state index contributed by atoms with van der Waals surface area (Å²) in [6.45, 7) is 15.2. The minimum absolute atomic E-state index is 0.208. The number of carbonyl (C=O) groups is 3. The van der Waals surface area contributed by atoms with Gasteiger partial charge in [0, 0.05) is 23.3 Å². The zero-order chi connectivity index (χ0) is 65.0. The molecule has 28 nitrogen and oxygen atoms in total. The highest BCUT2D eigenvalue weighted by atomic mass is 16.8. The van der Waals surface area contributed by atoms with Crippen LogP contribution < -0.4 is 0 Å². The highest BCUT2D eigenvalue weighted by Gasteiger charge is 2.76. The Balaban J connectivity index is 1.06. The summed E-state index contributed by atoms with van der Waals surface area (Å²) in [5.74, 6) is -4.29. The molecule has 31 unspecified atom stereocenters. The van der Waals surface area contributed by atoms with Crippen LogP contribution in [0.1, 0.15) is 108 Å². The van der Waals surface area contributed by atoms with Crippen LogP contribution in [0, 0.1) is 50.2 Å². The number of carboxylic acid groups (broad SMARTS) is 1. The molecule has 15 N–H and O–H groups in total. The van der Waals surface area contributed by atoms with Crippen LogP contribution in [0.3, 0.4) is 0 Å². The second-order valence-electron chi connectivity index (χ2n) is 28.1. The van der Waals surface area contributed by atoms with Crippen LogP contribution in [0.2, 0.25) is 0 Å². The van der Waals surface area contributed by atoms with E-state index in [1.807, 2.05) is 34.6 Å². The Morgan fingerprint density at radius 1 is 0.625 bits per heavy atom. The van der Waals surface area contributed by atoms with Gasteiger partial charge in [-0.05, 0) is 86.4 Å². The number of rotatable bonds is 15. The van der Waals surface area contributed by atoms with E-state index < -0.39 is 230 Å². The van der Waals surface area contributed by atoms with E-state index in [9.17, 15) is 91.0 Å². The molecular weight excluding hydrogens is 1170 g/mol. The molecule has 8 fully saturated rings. The number of carbonyl (C=O) groups excluding carboxylic acids is 2. The van der Waals surface area contributed by atoms with Crippen molar-refractivity contribution in [2.24, 2.45) is 50.2 Å². The number of hydrogen-bond acceptors (Lipinski definition) is 27. The molecule has 0 bridgehead atoms. The highest BCUT2D eigenvalue weighted by molar-refractivity contribution is 5.88. The molecule has 4 aliphatic heterocycles. The molecule has 31 atom stereocenters. The van der Waals surface area contributed by atoms with Gasteiger partial charge in [-0.1, -0.05) is 66.2 Å². The second kappa shape index (κ2) is 25.4.